The summed E-state index contributed by atoms with van der Waals surface area (Å²) in [5.74, 6) is 0.356. The predicted octanol–water partition coefficient (Wildman–Crippen LogP) is 2.96. The highest BCUT2D eigenvalue weighted by molar-refractivity contribution is 5.27. The molecule has 0 aliphatic rings. The molecule has 1 rings (SSSR count). The zero-order chi connectivity index (χ0) is 12.2. The first-order valence-electron chi connectivity index (χ1n) is 5.88. The van der Waals surface area contributed by atoms with E-state index >= 15 is 0 Å². The van der Waals surface area contributed by atoms with Crippen molar-refractivity contribution in [1.29, 1.82) is 0 Å². The maximum Gasteiger partial charge on any atom is 0.115 e. The Kier molecular flexibility index (Phi) is 4.36. The fraction of sp³-hybridized carbons (Fsp3) is 0.571. The van der Waals surface area contributed by atoms with Crippen LogP contribution in [0.1, 0.15) is 32.8 Å². The first-order valence-corrected chi connectivity index (χ1v) is 5.88. The van der Waals surface area contributed by atoms with E-state index in [1.807, 2.05) is 19.2 Å². The van der Waals surface area contributed by atoms with Gasteiger partial charge in [-0.2, -0.15) is 0 Å². The highest BCUT2D eigenvalue weighted by Crippen LogP contribution is 2.23. The lowest BCUT2D eigenvalue weighted by Crippen LogP contribution is -2.38. The summed E-state index contributed by atoms with van der Waals surface area (Å²) < 4.78 is 0. The van der Waals surface area contributed by atoms with Crippen LogP contribution < -0.4 is 5.32 Å². The molecule has 0 spiro atoms. The third-order valence-electron chi connectivity index (χ3n) is 3.03. The van der Waals surface area contributed by atoms with Gasteiger partial charge in [0.1, 0.15) is 5.75 Å². The number of phenols is 1. The molecule has 16 heavy (non-hydrogen) atoms. The molecule has 0 heterocycles. The number of aromatic hydroxyl groups is 1. The van der Waals surface area contributed by atoms with E-state index in [2.05, 4.69) is 32.2 Å². The summed E-state index contributed by atoms with van der Waals surface area (Å²) in [7, 11) is 2.01. The lowest BCUT2D eigenvalue weighted by atomic mass is 9.83. The molecule has 1 aromatic carbocycles. The number of hydrogen-bond acceptors (Lipinski definition) is 2. The number of rotatable bonds is 4. The maximum absolute atomic E-state index is 9.38. The second-order valence-corrected chi connectivity index (χ2v) is 5.42. The zero-order valence-electron chi connectivity index (χ0n) is 10.7. The van der Waals surface area contributed by atoms with Crippen LogP contribution in [0.5, 0.6) is 5.75 Å². The number of phenolic OH excluding ortho intramolecular Hbond substituents is 1. The highest BCUT2D eigenvalue weighted by Gasteiger charge is 2.22. The monoisotopic (exact) mass is 221 g/mol. The lowest BCUT2D eigenvalue weighted by Gasteiger charge is -2.30. The Morgan fingerprint density at radius 3 is 2.50 bits per heavy atom. The third kappa shape index (κ3) is 3.86. The average Bonchev–Trinajstić information content (AvgIpc) is 2.16. The smallest absolute Gasteiger partial charge is 0.115 e. The van der Waals surface area contributed by atoms with Gasteiger partial charge in [0.15, 0.2) is 0 Å². The molecule has 0 amide bonds. The van der Waals surface area contributed by atoms with Crippen LogP contribution in [0.25, 0.3) is 0 Å². The van der Waals surface area contributed by atoms with E-state index in [1.54, 1.807) is 6.07 Å². The van der Waals surface area contributed by atoms with Gasteiger partial charge < -0.3 is 10.4 Å². The summed E-state index contributed by atoms with van der Waals surface area (Å²) in [6.45, 7) is 6.74. The van der Waals surface area contributed by atoms with Crippen molar-refractivity contribution in [2.45, 2.75) is 39.7 Å². The molecule has 0 radical (unpaired) electrons. The van der Waals surface area contributed by atoms with E-state index in [-0.39, 0.29) is 5.41 Å². The van der Waals surface area contributed by atoms with Gasteiger partial charge in [0, 0.05) is 6.04 Å². The van der Waals surface area contributed by atoms with Crippen LogP contribution in [0.15, 0.2) is 24.3 Å². The maximum atomic E-state index is 9.38. The standard InChI is InChI=1S/C14H23NO/c1-14(2,3)13(15-4)9-8-11-6-5-7-12(16)10-11/h5-7,10,13,15-16H,8-9H2,1-4H3. The van der Waals surface area contributed by atoms with Crippen LogP contribution in [0.2, 0.25) is 0 Å². The minimum atomic E-state index is 0.269. The molecule has 2 heteroatoms. The van der Waals surface area contributed by atoms with Gasteiger partial charge in [0.05, 0.1) is 0 Å². The second kappa shape index (κ2) is 5.35. The number of benzene rings is 1. The van der Waals surface area contributed by atoms with Gasteiger partial charge in [-0.05, 0) is 43.0 Å². The van der Waals surface area contributed by atoms with Gasteiger partial charge in [-0.1, -0.05) is 32.9 Å². The van der Waals surface area contributed by atoms with Gasteiger partial charge in [-0.3, -0.25) is 0 Å². The van der Waals surface area contributed by atoms with Crippen molar-refractivity contribution in [2.75, 3.05) is 7.05 Å². The van der Waals surface area contributed by atoms with Crippen LogP contribution in [0, 0.1) is 5.41 Å². The number of nitrogens with one attached hydrogen (secondary N) is 1. The fourth-order valence-corrected chi connectivity index (χ4v) is 2.03. The third-order valence-corrected chi connectivity index (χ3v) is 3.03. The minimum absolute atomic E-state index is 0.269. The Bertz CT molecular complexity index is 328. The van der Waals surface area contributed by atoms with Gasteiger partial charge in [-0.15, -0.1) is 0 Å². The van der Waals surface area contributed by atoms with E-state index in [9.17, 15) is 5.11 Å². The van der Waals surface area contributed by atoms with Crippen LogP contribution in [0.3, 0.4) is 0 Å². The van der Waals surface area contributed by atoms with Crippen LogP contribution in [-0.2, 0) is 6.42 Å². The van der Waals surface area contributed by atoms with Crippen molar-refractivity contribution in [1.82, 2.24) is 5.32 Å². The van der Waals surface area contributed by atoms with Gasteiger partial charge in [0.2, 0.25) is 0 Å². The van der Waals surface area contributed by atoms with Gasteiger partial charge in [0.25, 0.3) is 0 Å². The first-order chi connectivity index (χ1) is 7.43. The van der Waals surface area contributed by atoms with E-state index in [1.165, 1.54) is 5.56 Å². The molecule has 1 unspecified atom stereocenters. The second-order valence-electron chi connectivity index (χ2n) is 5.42. The van der Waals surface area contributed by atoms with E-state index in [0.717, 1.165) is 12.8 Å². The van der Waals surface area contributed by atoms with Crippen LogP contribution in [-0.4, -0.2) is 18.2 Å². The summed E-state index contributed by atoms with van der Waals surface area (Å²) in [6, 6.07) is 8.01. The molecule has 2 N–H and O–H groups in total. The van der Waals surface area contributed by atoms with Crippen molar-refractivity contribution in [2.24, 2.45) is 5.41 Å². The average molecular weight is 221 g/mol. The highest BCUT2D eigenvalue weighted by atomic mass is 16.3. The van der Waals surface area contributed by atoms with Crippen molar-refractivity contribution in [3.63, 3.8) is 0 Å². The molecule has 90 valence electrons. The Balaban J connectivity index is 2.56. The molecule has 1 atom stereocenters. The quantitative estimate of drug-likeness (QED) is 0.819. The SMILES string of the molecule is CNC(CCc1cccc(O)c1)C(C)(C)C. The van der Waals surface area contributed by atoms with Crippen molar-refractivity contribution in [3.8, 4) is 5.75 Å². The summed E-state index contributed by atoms with van der Waals surface area (Å²) in [5, 5.41) is 12.7. The van der Waals surface area contributed by atoms with Crippen molar-refractivity contribution < 1.29 is 5.11 Å². The van der Waals surface area contributed by atoms with Crippen LogP contribution >= 0.6 is 0 Å². The molecular formula is C14H23NO. The van der Waals surface area contributed by atoms with E-state index < -0.39 is 0 Å². The lowest BCUT2D eigenvalue weighted by molar-refractivity contribution is 0.268. The zero-order valence-corrected chi connectivity index (χ0v) is 10.7. The Morgan fingerprint density at radius 1 is 1.31 bits per heavy atom. The fourth-order valence-electron chi connectivity index (χ4n) is 2.03. The molecule has 2 nitrogen and oxygen atoms in total. The van der Waals surface area contributed by atoms with Crippen LogP contribution in [0.4, 0.5) is 0 Å². The molecule has 0 aliphatic heterocycles. The number of aryl methyl sites for hydroxylation is 1. The molecule has 0 fully saturated rings. The van der Waals surface area contributed by atoms with E-state index in [4.69, 9.17) is 0 Å². The first kappa shape index (κ1) is 13.0. The van der Waals surface area contributed by atoms with E-state index in [0.29, 0.717) is 11.8 Å². The van der Waals surface area contributed by atoms with Crippen molar-refractivity contribution in [3.05, 3.63) is 29.8 Å². The molecule has 0 saturated carbocycles. The molecule has 0 aromatic heterocycles. The minimum Gasteiger partial charge on any atom is -0.508 e. The van der Waals surface area contributed by atoms with Gasteiger partial charge in [-0.25, -0.2) is 0 Å². The molecule has 1 aromatic rings. The summed E-state index contributed by atoms with van der Waals surface area (Å²) >= 11 is 0. The summed E-state index contributed by atoms with van der Waals surface area (Å²) in [4.78, 5) is 0. The normalized spacial score (nSPS) is 13.8. The Labute approximate surface area is 98.7 Å². The molecule has 0 aliphatic carbocycles. The summed E-state index contributed by atoms with van der Waals surface area (Å²) in [6.07, 6.45) is 2.08. The molecule has 0 saturated heterocycles. The van der Waals surface area contributed by atoms with Gasteiger partial charge >= 0.3 is 0 Å². The largest absolute Gasteiger partial charge is 0.508 e. The summed E-state index contributed by atoms with van der Waals surface area (Å²) in [5.41, 5.74) is 1.47. The Hall–Kier alpha value is -1.02. The number of hydrogen-bond donors (Lipinski definition) is 2. The topological polar surface area (TPSA) is 32.3 Å². The molecular weight excluding hydrogens is 198 g/mol. The Morgan fingerprint density at radius 2 is 2.00 bits per heavy atom. The van der Waals surface area contributed by atoms with Crippen molar-refractivity contribution >= 4 is 0 Å². The predicted molar refractivity (Wildman–Crippen MR) is 68.7 cm³/mol. The molecule has 0 bridgehead atoms.